The maximum absolute atomic E-state index is 14.6. The van der Waals surface area contributed by atoms with Gasteiger partial charge in [0.05, 0.1) is 28.3 Å². The quantitative estimate of drug-likeness (QED) is 0.272. The molecule has 2 aliphatic rings. The Morgan fingerprint density at radius 3 is 2.02 bits per heavy atom. The minimum atomic E-state index is -3.96. The number of pyridine rings is 1. The van der Waals surface area contributed by atoms with Crippen LogP contribution >= 0.6 is 11.6 Å². The lowest BCUT2D eigenvalue weighted by Crippen LogP contribution is -2.56. The van der Waals surface area contributed by atoms with Crippen molar-refractivity contribution >= 4 is 38.3 Å². The highest BCUT2D eigenvalue weighted by atomic mass is 35.5. The lowest BCUT2D eigenvalue weighted by Gasteiger charge is -2.48. The molecule has 2 aromatic rings. The Morgan fingerprint density at radius 2 is 1.54 bits per heavy atom. The third-order valence-corrected chi connectivity index (χ3v) is 20.6. The van der Waals surface area contributed by atoms with Crippen LogP contribution in [0.3, 0.4) is 0 Å². The number of rotatable bonds is 8. The van der Waals surface area contributed by atoms with Crippen LogP contribution in [-0.4, -0.2) is 46.0 Å². The zero-order valence-electron chi connectivity index (χ0n) is 26.3. The Morgan fingerprint density at radius 1 is 0.951 bits per heavy atom. The van der Waals surface area contributed by atoms with E-state index in [2.05, 4.69) is 78.8 Å². The largest absolute Gasteiger partial charge is 0.547 e. The van der Waals surface area contributed by atoms with E-state index in [1.165, 1.54) is 0 Å². The van der Waals surface area contributed by atoms with Crippen LogP contribution in [0.2, 0.25) is 41.3 Å². The molecule has 2 atom stereocenters. The average molecular weight is 635 g/mol. The van der Waals surface area contributed by atoms with Crippen molar-refractivity contribution in [1.82, 2.24) is 9.29 Å². The Balaban J connectivity index is 1.93. The van der Waals surface area contributed by atoms with E-state index in [-0.39, 0.29) is 15.0 Å². The number of nitrogens with zero attached hydrogens (tertiary/aromatic N) is 2. The SMILES string of the molecule is CC(C)(C)[Si](C)(C)OC1=CC(C2(O[Si](C)(C)C(C)(C)C)CC2)N(S(=O)(=O)c2ccc(Cl)cc2)C(c2cccnc2)C1. The zero-order valence-corrected chi connectivity index (χ0v) is 29.9. The summed E-state index contributed by atoms with van der Waals surface area (Å²) in [5, 5.41) is 0.464. The van der Waals surface area contributed by atoms with Gasteiger partial charge in [0.2, 0.25) is 18.3 Å². The molecule has 1 aromatic carbocycles. The molecule has 2 unspecified atom stereocenters. The minimum Gasteiger partial charge on any atom is -0.547 e. The molecule has 0 spiro atoms. The van der Waals surface area contributed by atoms with Gasteiger partial charge < -0.3 is 8.85 Å². The molecule has 1 fully saturated rings. The summed E-state index contributed by atoms with van der Waals surface area (Å²) in [5.41, 5.74) is 0.216. The number of benzene rings is 1. The summed E-state index contributed by atoms with van der Waals surface area (Å²) < 4.78 is 45.0. The molecule has 1 aromatic heterocycles. The summed E-state index contributed by atoms with van der Waals surface area (Å²) >= 11 is 6.16. The average Bonchev–Trinajstić information content (AvgIpc) is 3.62. The van der Waals surface area contributed by atoms with E-state index < -0.39 is 44.3 Å². The molecule has 10 heteroatoms. The summed E-state index contributed by atoms with van der Waals surface area (Å²) in [6, 6.07) is 9.24. The normalized spacial score (nSPS) is 22.3. The van der Waals surface area contributed by atoms with Crippen molar-refractivity contribution in [3.63, 3.8) is 0 Å². The third-order valence-electron chi connectivity index (χ3n) is 9.52. The van der Waals surface area contributed by atoms with E-state index in [4.69, 9.17) is 20.5 Å². The monoisotopic (exact) mass is 634 g/mol. The Hall–Kier alpha value is -1.50. The van der Waals surface area contributed by atoms with Gasteiger partial charge in [-0.15, -0.1) is 0 Å². The van der Waals surface area contributed by atoms with Gasteiger partial charge in [-0.2, -0.15) is 4.31 Å². The van der Waals surface area contributed by atoms with Gasteiger partial charge in [0.15, 0.2) is 8.32 Å². The molecule has 0 bridgehead atoms. The summed E-state index contributed by atoms with van der Waals surface area (Å²) in [5.74, 6) is 0.850. The zero-order chi connectivity index (χ0) is 30.6. The minimum absolute atomic E-state index is 0.00540. The predicted molar refractivity (Wildman–Crippen MR) is 172 cm³/mol. The van der Waals surface area contributed by atoms with E-state index in [0.717, 1.165) is 24.2 Å². The van der Waals surface area contributed by atoms with Gasteiger partial charge >= 0.3 is 0 Å². The highest BCUT2D eigenvalue weighted by Gasteiger charge is 2.61. The molecule has 6 nitrogen and oxygen atoms in total. The van der Waals surface area contributed by atoms with E-state index >= 15 is 0 Å². The van der Waals surface area contributed by atoms with Gasteiger partial charge in [0, 0.05) is 23.8 Å². The fourth-order valence-electron chi connectivity index (χ4n) is 4.86. The van der Waals surface area contributed by atoms with Gasteiger partial charge in [-0.3, -0.25) is 4.98 Å². The van der Waals surface area contributed by atoms with Crippen molar-refractivity contribution in [3.05, 3.63) is 71.2 Å². The number of aromatic nitrogens is 1. The smallest absolute Gasteiger partial charge is 0.250 e. The molecule has 0 N–H and O–H groups in total. The molecule has 1 saturated carbocycles. The molecular weight excluding hydrogens is 588 g/mol. The summed E-state index contributed by atoms with van der Waals surface area (Å²) in [7, 11) is -8.42. The molecule has 41 heavy (non-hydrogen) atoms. The van der Waals surface area contributed by atoms with E-state index in [9.17, 15) is 8.42 Å². The van der Waals surface area contributed by atoms with Crippen LogP contribution < -0.4 is 0 Å². The second-order valence-corrected chi connectivity index (χ2v) is 26.4. The standard InChI is InChI=1S/C31H47ClN2O4SSi2/c1-29(2,3)40(7,8)37-25-20-27(23-12-11-19-33-22-23)34(39(35,36)26-15-13-24(32)14-16-26)28(21-25)31(17-18-31)38-41(9,10)30(4,5)6/h11-16,19,21-22,27-28H,17-18,20H2,1-10H3. The second-order valence-electron chi connectivity index (χ2n) is 14.7. The van der Waals surface area contributed by atoms with Crippen LogP contribution in [0.5, 0.6) is 0 Å². The van der Waals surface area contributed by atoms with Crippen LogP contribution in [0, 0.1) is 0 Å². The van der Waals surface area contributed by atoms with Crippen molar-refractivity contribution in [2.45, 2.75) is 120 Å². The van der Waals surface area contributed by atoms with Crippen LogP contribution in [0.1, 0.15) is 72.4 Å². The highest BCUT2D eigenvalue weighted by Crippen LogP contribution is 2.55. The van der Waals surface area contributed by atoms with Gasteiger partial charge in [-0.25, -0.2) is 8.42 Å². The fraction of sp³-hybridized carbons (Fsp3) is 0.581. The molecule has 1 aliphatic heterocycles. The molecule has 226 valence electrons. The topological polar surface area (TPSA) is 68.7 Å². The van der Waals surface area contributed by atoms with Gasteiger partial charge in [0.1, 0.15) is 0 Å². The lowest BCUT2D eigenvalue weighted by atomic mass is 9.95. The third kappa shape index (κ3) is 6.55. The molecule has 0 amide bonds. The Bertz CT molecular complexity index is 1380. The van der Waals surface area contributed by atoms with E-state index in [1.807, 2.05) is 12.1 Å². The maximum Gasteiger partial charge on any atom is 0.250 e. The summed E-state index contributed by atoms with van der Waals surface area (Å²) in [6.07, 6.45) is 7.57. The van der Waals surface area contributed by atoms with E-state index in [1.54, 1.807) is 41.0 Å². The van der Waals surface area contributed by atoms with Gasteiger partial charge in [-0.05, 0) is 91.1 Å². The molecule has 0 saturated heterocycles. The first-order valence-electron chi connectivity index (χ1n) is 14.5. The summed E-state index contributed by atoms with van der Waals surface area (Å²) in [4.78, 5) is 4.59. The van der Waals surface area contributed by atoms with E-state index in [0.29, 0.717) is 11.4 Å². The predicted octanol–water partition coefficient (Wildman–Crippen LogP) is 8.70. The molecule has 1 aliphatic carbocycles. The van der Waals surface area contributed by atoms with Crippen molar-refractivity contribution in [2.75, 3.05) is 0 Å². The molecule has 0 radical (unpaired) electrons. The summed E-state index contributed by atoms with van der Waals surface area (Å²) in [6.45, 7) is 22.3. The number of halogens is 1. The first kappa shape index (κ1) is 32.4. The molecule has 2 heterocycles. The molecular formula is C31H47ClN2O4SSi2. The Kier molecular flexibility index (Phi) is 8.61. The number of hydrogen-bond donors (Lipinski definition) is 0. The number of sulfonamides is 1. The van der Waals surface area contributed by atoms with Crippen LogP contribution in [-0.2, 0) is 18.9 Å². The fourth-order valence-corrected chi connectivity index (χ4v) is 9.55. The van der Waals surface area contributed by atoms with Crippen LogP contribution in [0.4, 0.5) is 0 Å². The van der Waals surface area contributed by atoms with Gasteiger partial charge in [0.25, 0.3) is 0 Å². The first-order chi connectivity index (χ1) is 18.7. The van der Waals surface area contributed by atoms with Crippen molar-refractivity contribution in [2.24, 2.45) is 0 Å². The maximum atomic E-state index is 14.6. The molecule has 4 rings (SSSR count). The first-order valence-corrected chi connectivity index (χ1v) is 22.1. The van der Waals surface area contributed by atoms with Crippen LogP contribution in [0.15, 0.2) is 65.5 Å². The Labute approximate surface area is 254 Å². The van der Waals surface area contributed by atoms with Crippen LogP contribution in [0.25, 0.3) is 0 Å². The highest BCUT2D eigenvalue weighted by molar-refractivity contribution is 7.89. The van der Waals surface area contributed by atoms with Crippen molar-refractivity contribution in [3.8, 4) is 0 Å². The van der Waals surface area contributed by atoms with Crippen molar-refractivity contribution < 1.29 is 17.3 Å². The second kappa shape index (κ2) is 10.9. The van der Waals surface area contributed by atoms with Gasteiger partial charge in [-0.1, -0.05) is 59.2 Å². The number of hydrogen-bond acceptors (Lipinski definition) is 5. The lowest BCUT2D eigenvalue weighted by molar-refractivity contribution is 0.0705. The van der Waals surface area contributed by atoms with Crippen molar-refractivity contribution in [1.29, 1.82) is 0 Å².